The first-order valence-electron chi connectivity index (χ1n) is 9.32. The maximum absolute atomic E-state index is 11.5. The molecule has 1 aromatic rings. The van der Waals surface area contributed by atoms with E-state index in [1.807, 2.05) is 12.1 Å². The van der Waals surface area contributed by atoms with Gasteiger partial charge in [0.25, 0.3) is 0 Å². The van der Waals surface area contributed by atoms with Crippen LogP contribution in [0, 0.1) is 5.92 Å². The highest BCUT2D eigenvalue weighted by molar-refractivity contribution is 5.70. The van der Waals surface area contributed by atoms with Gasteiger partial charge in [0.05, 0.1) is 27.2 Å². The predicted molar refractivity (Wildman–Crippen MR) is 100 cm³/mol. The summed E-state index contributed by atoms with van der Waals surface area (Å²) < 4.78 is 16.4. The number of methoxy groups -OCH3 is 3. The number of ether oxygens (including phenoxy) is 3. The molecular formula is C20H31NO5. The molecule has 0 aliphatic carbocycles. The van der Waals surface area contributed by atoms with Crippen molar-refractivity contribution in [3.8, 4) is 17.2 Å². The van der Waals surface area contributed by atoms with E-state index in [-0.39, 0.29) is 12.0 Å². The molecule has 1 aliphatic rings. The number of aliphatic carboxylic acids is 1. The van der Waals surface area contributed by atoms with Gasteiger partial charge >= 0.3 is 5.97 Å². The zero-order chi connectivity index (χ0) is 19.1. The lowest BCUT2D eigenvalue weighted by Gasteiger charge is -2.37. The van der Waals surface area contributed by atoms with E-state index in [0.29, 0.717) is 23.8 Å². The van der Waals surface area contributed by atoms with Gasteiger partial charge in [-0.25, -0.2) is 0 Å². The van der Waals surface area contributed by atoms with Gasteiger partial charge in [0.15, 0.2) is 11.5 Å². The Balaban J connectivity index is 2.38. The van der Waals surface area contributed by atoms with Crippen LogP contribution in [0.4, 0.5) is 0 Å². The minimum Gasteiger partial charge on any atom is -0.493 e. The lowest BCUT2D eigenvalue weighted by atomic mass is 9.92. The number of nitrogens with zero attached hydrogens (tertiary/aromatic N) is 1. The van der Waals surface area contributed by atoms with Crippen molar-refractivity contribution in [2.45, 2.75) is 45.1 Å². The van der Waals surface area contributed by atoms with Crippen LogP contribution in [0.25, 0.3) is 0 Å². The van der Waals surface area contributed by atoms with Crippen molar-refractivity contribution in [2.24, 2.45) is 5.92 Å². The standard InChI is InChI=1S/C20H31NO5/c1-5-6-9-16(21-10-7-8-14(13-21)20(22)23)15-11-17(24-2)19(26-4)18(12-15)25-3/h11-12,14,16H,5-10,13H2,1-4H3,(H,22,23). The molecule has 1 heterocycles. The van der Waals surface area contributed by atoms with Crippen LogP contribution in [-0.4, -0.2) is 50.4 Å². The molecule has 0 bridgehead atoms. The molecule has 1 fully saturated rings. The first kappa shape index (κ1) is 20.4. The normalized spacial score (nSPS) is 19.0. The highest BCUT2D eigenvalue weighted by Crippen LogP contribution is 2.42. The number of benzene rings is 1. The second-order valence-corrected chi connectivity index (χ2v) is 6.79. The van der Waals surface area contributed by atoms with E-state index in [0.717, 1.165) is 44.2 Å². The van der Waals surface area contributed by atoms with Gasteiger partial charge in [-0.15, -0.1) is 0 Å². The van der Waals surface area contributed by atoms with E-state index in [1.54, 1.807) is 21.3 Å². The summed E-state index contributed by atoms with van der Waals surface area (Å²) in [6, 6.07) is 4.13. The summed E-state index contributed by atoms with van der Waals surface area (Å²) in [7, 11) is 4.82. The van der Waals surface area contributed by atoms with Gasteiger partial charge in [0.2, 0.25) is 5.75 Å². The number of carboxylic acid groups (broad SMARTS) is 1. The molecule has 26 heavy (non-hydrogen) atoms. The molecule has 0 radical (unpaired) electrons. The van der Waals surface area contributed by atoms with Gasteiger partial charge in [-0.1, -0.05) is 19.8 Å². The third-order valence-electron chi connectivity index (χ3n) is 5.15. The fourth-order valence-electron chi connectivity index (χ4n) is 3.74. The van der Waals surface area contributed by atoms with Gasteiger partial charge in [0, 0.05) is 12.6 Å². The highest BCUT2D eigenvalue weighted by Gasteiger charge is 2.31. The Hall–Kier alpha value is -1.95. The summed E-state index contributed by atoms with van der Waals surface area (Å²) in [5.74, 6) is 0.851. The molecule has 0 spiro atoms. The van der Waals surface area contributed by atoms with Gasteiger partial charge in [0.1, 0.15) is 0 Å². The van der Waals surface area contributed by atoms with E-state index < -0.39 is 5.97 Å². The third-order valence-corrected chi connectivity index (χ3v) is 5.15. The molecule has 6 heteroatoms. The number of hydrogen-bond donors (Lipinski definition) is 1. The summed E-state index contributed by atoms with van der Waals surface area (Å²) in [6.07, 6.45) is 4.81. The Morgan fingerprint density at radius 1 is 1.23 bits per heavy atom. The average Bonchev–Trinajstić information content (AvgIpc) is 2.67. The molecule has 1 N–H and O–H groups in total. The SMILES string of the molecule is CCCCC(c1cc(OC)c(OC)c(OC)c1)N1CCCC(C(=O)O)C1. The Kier molecular flexibility index (Phi) is 7.57. The molecule has 1 saturated heterocycles. The summed E-state index contributed by atoms with van der Waals surface area (Å²) in [4.78, 5) is 13.8. The van der Waals surface area contributed by atoms with Gasteiger partial charge < -0.3 is 19.3 Å². The Bertz CT molecular complexity index is 579. The van der Waals surface area contributed by atoms with E-state index in [9.17, 15) is 9.90 Å². The Morgan fingerprint density at radius 2 is 1.88 bits per heavy atom. The fraction of sp³-hybridized carbons (Fsp3) is 0.650. The topological polar surface area (TPSA) is 68.2 Å². The van der Waals surface area contributed by atoms with Crippen LogP contribution < -0.4 is 14.2 Å². The van der Waals surface area contributed by atoms with Crippen LogP contribution >= 0.6 is 0 Å². The lowest BCUT2D eigenvalue weighted by molar-refractivity contribution is -0.144. The Morgan fingerprint density at radius 3 is 2.38 bits per heavy atom. The summed E-state index contributed by atoms with van der Waals surface area (Å²) in [5.41, 5.74) is 1.08. The van der Waals surface area contributed by atoms with Gasteiger partial charge in [-0.2, -0.15) is 0 Å². The second-order valence-electron chi connectivity index (χ2n) is 6.79. The maximum Gasteiger partial charge on any atom is 0.307 e. The fourth-order valence-corrected chi connectivity index (χ4v) is 3.74. The summed E-state index contributed by atoms with van der Waals surface area (Å²) in [5, 5.41) is 9.43. The molecule has 2 atom stereocenters. The monoisotopic (exact) mass is 365 g/mol. The van der Waals surface area contributed by atoms with Crippen LogP contribution in [-0.2, 0) is 4.79 Å². The predicted octanol–water partition coefficient (Wildman–Crippen LogP) is 3.74. The Labute approximate surface area is 156 Å². The molecule has 0 amide bonds. The molecule has 1 aromatic carbocycles. The molecule has 0 aromatic heterocycles. The number of carbonyl (C=O) groups is 1. The number of carboxylic acids is 1. The molecule has 1 aliphatic heterocycles. The van der Waals surface area contributed by atoms with E-state index in [4.69, 9.17) is 14.2 Å². The molecule has 2 rings (SSSR count). The van der Waals surface area contributed by atoms with Crippen LogP contribution in [0.2, 0.25) is 0 Å². The lowest BCUT2D eigenvalue weighted by Crippen LogP contribution is -2.41. The largest absolute Gasteiger partial charge is 0.493 e. The van der Waals surface area contributed by atoms with Crippen molar-refractivity contribution >= 4 is 5.97 Å². The van der Waals surface area contributed by atoms with E-state index >= 15 is 0 Å². The first-order chi connectivity index (χ1) is 12.5. The summed E-state index contributed by atoms with van der Waals surface area (Å²) in [6.45, 7) is 3.66. The minimum absolute atomic E-state index is 0.144. The number of piperidine rings is 1. The first-order valence-corrected chi connectivity index (χ1v) is 9.32. The third kappa shape index (κ3) is 4.61. The van der Waals surface area contributed by atoms with Gasteiger partial charge in [-0.05, 0) is 43.5 Å². The molecular weight excluding hydrogens is 334 g/mol. The number of likely N-dealkylation sites (tertiary alicyclic amines) is 1. The zero-order valence-corrected chi connectivity index (χ0v) is 16.3. The van der Waals surface area contributed by atoms with Gasteiger partial charge in [-0.3, -0.25) is 9.69 Å². The molecule has 0 saturated carbocycles. The number of rotatable bonds is 9. The van der Waals surface area contributed by atoms with Crippen molar-refractivity contribution in [1.82, 2.24) is 4.90 Å². The molecule has 2 unspecified atom stereocenters. The van der Waals surface area contributed by atoms with Crippen molar-refractivity contribution in [1.29, 1.82) is 0 Å². The quantitative estimate of drug-likeness (QED) is 0.719. The van der Waals surface area contributed by atoms with Crippen LogP contribution in [0.3, 0.4) is 0 Å². The average molecular weight is 365 g/mol. The number of unbranched alkanes of at least 4 members (excludes halogenated alkanes) is 1. The smallest absolute Gasteiger partial charge is 0.307 e. The maximum atomic E-state index is 11.5. The zero-order valence-electron chi connectivity index (χ0n) is 16.3. The van der Waals surface area contributed by atoms with Crippen LogP contribution in [0.5, 0.6) is 17.2 Å². The van der Waals surface area contributed by atoms with Crippen molar-refractivity contribution in [3.63, 3.8) is 0 Å². The molecule has 146 valence electrons. The minimum atomic E-state index is -0.700. The van der Waals surface area contributed by atoms with Crippen LogP contribution in [0.1, 0.15) is 50.6 Å². The van der Waals surface area contributed by atoms with E-state index in [2.05, 4.69) is 11.8 Å². The molecule has 6 nitrogen and oxygen atoms in total. The van der Waals surface area contributed by atoms with Crippen molar-refractivity contribution in [2.75, 3.05) is 34.4 Å². The van der Waals surface area contributed by atoms with E-state index in [1.165, 1.54) is 0 Å². The summed E-state index contributed by atoms with van der Waals surface area (Å²) >= 11 is 0. The van der Waals surface area contributed by atoms with Crippen molar-refractivity contribution < 1.29 is 24.1 Å². The van der Waals surface area contributed by atoms with Crippen molar-refractivity contribution in [3.05, 3.63) is 17.7 Å². The second kappa shape index (κ2) is 9.67. The van der Waals surface area contributed by atoms with Crippen LogP contribution in [0.15, 0.2) is 12.1 Å². The number of hydrogen-bond acceptors (Lipinski definition) is 5. The highest BCUT2D eigenvalue weighted by atomic mass is 16.5.